The van der Waals surface area contributed by atoms with Crippen LogP contribution in [0.1, 0.15) is 98.5 Å². The molecule has 21 heteroatoms. The summed E-state index contributed by atoms with van der Waals surface area (Å²) in [4.78, 5) is 97.7. The number of fused-ring (bicyclic) bond motifs is 5. The van der Waals surface area contributed by atoms with Crippen molar-refractivity contribution >= 4 is 80.5 Å². The fraction of sp³-hybridized carbons (Fsp3) is 0.622. The van der Waals surface area contributed by atoms with Crippen LogP contribution in [0.3, 0.4) is 0 Å². The number of imide groups is 1. The van der Waals surface area contributed by atoms with Gasteiger partial charge in [-0.3, -0.25) is 24.5 Å². The summed E-state index contributed by atoms with van der Waals surface area (Å²) in [5.74, 6) is -3.08. The van der Waals surface area contributed by atoms with E-state index in [9.17, 15) is 43.8 Å². The van der Waals surface area contributed by atoms with Gasteiger partial charge in [0.1, 0.15) is 40.7 Å². The molecule has 0 aromatic heterocycles. The van der Waals surface area contributed by atoms with Gasteiger partial charge in [-0.2, -0.15) is 0 Å². The van der Waals surface area contributed by atoms with Gasteiger partial charge in [-0.25, -0.2) is 14.4 Å². The van der Waals surface area contributed by atoms with E-state index in [1.54, 1.807) is 45.2 Å². The average molecular weight is 982 g/mol. The van der Waals surface area contributed by atoms with Crippen molar-refractivity contribution in [2.45, 2.75) is 146 Å². The van der Waals surface area contributed by atoms with Gasteiger partial charge < -0.3 is 43.8 Å². The van der Waals surface area contributed by atoms with Gasteiger partial charge in [0, 0.05) is 62.6 Å². The van der Waals surface area contributed by atoms with Gasteiger partial charge in [0.25, 0.3) is 11.8 Å². The zero-order valence-corrected chi connectivity index (χ0v) is 41.1. The number of benzene rings is 1. The highest BCUT2D eigenvalue weighted by molar-refractivity contribution is 8.77. The van der Waals surface area contributed by atoms with E-state index < -0.39 is 83.5 Å². The van der Waals surface area contributed by atoms with Gasteiger partial charge in [0.15, 0.2) is 5.72 Å². The Bertz CT molecular complexity index is 2110. The lowest BCUT2D eigenvalue weighted by molar-refractivity contribution is -0.197. The second kappa shape index (κ2) is 21.7. The summed E-state index contributed by atoms with van der Waals surface area (Å²) in [6.07, 6.45) is 0.0978. The number of anilines is 1. The van der Waals surface area contributed by atoms with Crippen LogP contribution in [0.2, 0.25) is 5.02 Å². The molecule has 4 bridgehead atoms. The number of carbonyl (C=O) groups excluding carboxylic acids is 7. The van der Waals surface area contributed by atoms with E-state index in [2.05, 4.69) is 5.32 Å². The zero-order valence-electron chi connectivity index (χ0n) is 38.8. The molecule has 1 aromatic rings. The van der Waals surface area contributed by atoms with Crippen molar-refractivity contribution in [1.29, 1.82) is 0 Å². The first-order chi connectivity index (χ1) is 30.9. The molecule has 3 saturated heterocycles. The molecule has 8 atom stereocenters. The number of nitrogens with zero attached hydrogens (tertiary/aromatic N) is 3. The molecule has 4 aliphatic rings. The average Bonchev–Trinajstić information content (AvgIpc) is 3.86. The highest BCUT2D eigenvalue weighted by atomic mass is 35.5. The van der Waals surface area contributed by atoms with E-state index in [1.165, 1.54) is 58.5 Å². The van der Waals surface area contributed by atoms with Crippen molar-refractivity contribution in [2.24, 2.45) is 5.92 Å². The third kappa shape index (κ3) is 12.8. The third-order valence-corrected chi connectivity index (χ3v) is 16.1. The molecule has 66 heavy (non-hydrogen) atoms. The molecule has 3 fully saturated rings. The van der Waals surface area contributed by atoms with Crippen LogP contribution >= 0.6 is 33.2 Å². The van der Waals surface area contributed by atoms with E-state index >= 15 is 0 Å². The molecule has 0 saturated carbocycles. The summed E-state index contributed by atoms with van der Waals surface area (Å²) in [6.45, 7) is 10.7. The summed E-state index contributed by atoms with van der Waals surface area (Å²) in [5, 5.41) is 25.7. The minimum atomic E-state index is -2.10. The van der Waals surface area contributed by atoms with Crippen LogP contribution in [0.4, 0.5) is 10.5 Å². The van der Waals surface area contributed by atoms with Crippen molar-refractivity contribution < 1.29 is 67.6 Å². The monoisotopic (exact) mass is 980 g/mol. The molecule has 0 radical (unpaired) electrons. The predicted molar refractivity (Wildman–Crippen MR) is 246 cm³/mol. The Kier molecular flexibility index (Phi) is 17.3. The molecule has 1 aromatic carbocycles. The van der Waals surface area contributed by atoms with Crippen molar-refractivity contribution in [3.05, 3.63) is 46.5 Å². The summed E-state index contributed by atoms with van der Waals surface area (Å²) in [5.41, 5.74) is -1.47. The number of nitrogens with one attached hydrogen (secondary N) is 1. The molecular formula is C45H61ClN4O14S2. The maximum Gasteiger partial charge on any atom is 0.409 e. The molecular weight excluding hydrogens is 920 g/mol. The number of amides is 5. The summed E-state index contributed by atoms with van der Waals surface area (Å²) < 4.78 is 23.2. The standard InChI is InChI=1S/C45H61ClN4O14S2/c1-25-12-10-13-32(51)45(59)24-31(61-42(58)47-45)26(2)40-44(6,63-40)33(23-37(55)49(8)29-21-28(20-25)22-30(60-9)39(29)46)62-41(57)27(3)48(7)34(52)17-18-43(4,5)66-65-19-11-14-38(56)64-50-35(53)15-16-36(50)54/h10,12-13,21-22,26-27,31-33,40,51,59H,11,14-20,23-24H2,1-9H3,(H,47,58)/b13-10+,25-12+/t26?,27-,31?,32?,33?,40+,44+,45?/m0/s1. The van der Waals surface area contributed by atoms with Crippen LogP contribution in [0.25, 0.3) is 0 Å². The van der Waals surface area contributed by atoms with Crippen molar-refractivity contribution in [3.8, 4) is 5.75 Å². The number of allylic oxidation sites excluding steroid dienone is 3. The van der Waals surface area contributed by atoms with Gasteiger partial charge >= 0.3 is 18.0 Å². The molecule has 5 unspecified atom stereocenters. The molecule has 5 rings (SSSR count). The lowest BCUT2D eigenvalue weighted by Crippen LogP contribution is -2.63. The molecule has 18 nitrogen and oxygen atoms in total. The summed E-state index contributed by atoms with van der Waals surface area (Å²) in [6, 6.07) is 2.41. The maximum absolute atomic E-state index is 14.3. The first kappa shape index (κ1) is 52.6. The van der Waals surface area contributed by atoms with Crippen LogP contribution in [0.15, 0.2) is 35.9 Å². The van der Waals surface area contributed by atoms with Gasteiger partial charge in [-0.1, -0.05) is 63.9 Å². The number of halogens is 1. The number of ether oxygens (including phenoxy) is 4. The Hall–Kier alpha value is -4.34. The van der Waals surface area contributed by atoms with Crippen molar-refractivity contribution in [1.82, 2.24) is 15.3 Å². The largest absolute Gasteiger partial charge is 0.495 e. The molecule has 4 heterocycles. The van der Waals surface area contributed by atoms with Gasteiger partial charge in [-0.15, -0.1) is 5.06 Å². The van der Waals surface area contributed by atoms with Crippen LogP contribution in [-0.4, -0.2) is 135 Å². The normalized spacial score (nSPS) is 28.8. The second-order valence-electron chi connectivity index (χ2n) is 18.0. The minimum Gasteiger partial charge on any atom is -0.495 e. The second-order valence-corrected chi connectivity index (χ2v) is 21.5. The van der Waals surface area contributed by atoms with Gasteiger partial charge in [-0.05, 0) is 71.6 Å². The van der Waals surface area contributed by atoms with Crippen LogP contribution < -0.4 is 15.0 Å². The van der Waals surface area contributed by atoms with E-state index in [1.807, 2.05) is 20.8 Å². The number of alkyl carbamates (subject to hydrolysis) is 1. The number of methoxy groups -OCH3 is 1. The van der Waals surface area contributed by atoms with Crippen molar-refractivity contribution in [2.75, 3.05) is 31.9 Å². The van der Waals surface area contributed by atoms with E-state index in [4.69, 9.17) is 35.4 Å². The van der Waals surface area contributed by atoms with E-state index in [0.717, 1.165) is 11.1 Å². The molecule has 3 N–H and O–H groups in total. The van der Waals surface area contributed by atoms with E-state index in [-0.39, 0.29) is 54.2 Å². The fourth-order valence-electron chi connectivity index (χ4n) is 7.86. The zero-order chi connectivity index (χ0) is 48.9. The molecule has 0 spiro atoms. The Morgan fingerprint density at radius 2 is 1.80 bits per heavy atom. The number of epoxide rings is 1. The number of aliphatic hydroxyl groups excluding tert-OH is 1. The number of carbonyl (C=O) groups is 7. The van der Waals surface area contributed by atoms with Gasteiger partial charge in [0.2, 0.25) is 11.8 Å². The first-order valence-corrected chi connectivity index (χ1v) is 24.5. The lowest BCUT2D eigenvalue weighted by atomic mass is 9.83. The maximum atomic E-state index is 14.3. The number of likely N-dealkylation sites (N-methyl/N-ethyl adjacent to an activating group) is 1. The lowest BCUT2D eigenvalue weighted by Gasteiger charge is -2.41. The Balaban J connectivity index is 1.27. The summed E-state index contributed by atoms with van der Waals surface area (Å²) >= 11 is 6.78. The number of hydrogen-bond donors (Lipinski definition) is 3. The van der Waals surface area contributed by atoms with Crippen molar-refractivity contribution in [3.63, 3.8) is 0 Å². The number of aliphatic hydroxyl groups is 2. The number of rotatable bonds is 14. The molecule has 364 valence electrons. The Morgan fingerprint density at radius 1 is 1.12 bits per heavy atom. The number of esters is 1. The fourth-order valence-corrected chi connectivity index (χ4v) is 10.8. The first-order valence-electron chi connectivity index (χ1n) is 21.8. The van der Waals surface area contributed by atoms with Gasteiger partial charge in [0.05, 0.1) is 25.3 Å². The Morgan fingerprint density at radius 3 is 2.47 bits per heavy atom. The number of hydroxylamine groups is 2. The van der Waals surface area contributed by atoms with Crippen LogP contribution in [-0.2, 0) is 54.2 Å². The number of hydrogen-bond acceptors (Lipinski definition) is 16. The highest BCUT2D eigenvalue weighted by Gasteiger charge is 2.64. The smallest absolute Gasteiger partial charge is 0.409 e. The van der Waals surface area contributed by atoms with Crippen LogP contribution in [0.5, 0.6) is 5.75 Å². The summed E-state index contributed by atoms with van der Waals surface area (Å²) in [7, 11) is 7.54. The SMILES string of the molecule is COc1cc2cc(c1Cl)N(C)C(=O)CC(OC(=O)[C@H](C)N(C)C(=O)CCC(C)(C)SSCCCC(=O)ON1C(=O)CCC1=O)[C@@]1(C)O[C@@H]1C(C)C1CC(O)(NC(=O)O1)C(O)/C=C/C=C(\C)C2. The van der Waals surface area contributed by atoms with E-state index in [0.29, 0.717) is 41.5 Å². The minimum absolute atomic E-state index is 0.0212. The molecule has 0 aliphatic carbocycles. The molecule has 5 amide bonds. The quantitative estimate of drug-likeness (QED) is 0.0716. The predicted octanol–water partition coefficient (Wildman–Crippen LogP) is 5.19. The van der Waals surface area contributed by atoms with Crippen LogP contribution in [0, 0.1) is 5.92 Å². The topological polar surface area (TPSA) is 231 Å². The molecule has 4 aliphatic heterocycles. The third-order valence-electron chi connectivity index (χ3n) is 12.3. The Labute approximate surface area is 397 Å². The highest BCUT2D eigenvalue weighted by Crippen LogP contribution is 2.49.